The number of aryl methyl sites for hydroxylation is 1. The maximum Gasteiger partial charge on any atom is 0.257 e. The van der Waals surface area contributed by atoms with Crippen LogP contribution in [0.1, 0.15) is 81.3 Å². The third kappa shape index (κ3) is 4.82. The van der Waals surface area contributed by atoms with E-state index in [1.807, 2.05) is 45.9 Å². The quantitative estimate of drug-likeness (QED) is 0.651. The Morgan fingerprint density at radius 1 is 1.33 bits per heavy atom. The topological polar surface area (TPSA) is 81.1 Å². The van der Waals surface area contributed by atoms with Crippen LogP contribution in [0.15, 0.2) is 41.0 Å². The predicted molar refractivity (Wildman–Crippen MR) is 128 cm³/mol. The van der Waals surface area contributed by atoms with Crippen LogP contribution in [0.2, 0.25) is 0 Å². The Morgan fingerprint density at radius 2 is 2.06 bits per heavy atom. The van der Waals surface area contributed by atoms with Gasteiger partial charge >= 0.3 is 0 Å². The molecule has 0 saturated heterocycles. The van der Waals surface area contributed by atoms with Gasteiger partial charge in [-0.25, -0.2) is 22.5 Å². The molecule has 2 aliphatic rings. The van der Waals surface area contributed by atoms with E-state index in [0.29, 0.717) is 30.5 Å². The summed E-state index contributed by atoms with van der Waals surface area (Å²) in [5, 5.41) is -2.19. The lowest BCUT2D eigenvalue weighted by atomic mass is 9.78. The molecule has 2 aliphatic carbocycles. The van der Waals surface area contributed by atoms with Crippen LogP contribution in [-0.4, -0.2) is 29.0 Å². The fourth-order valence-electron chi connectivity index (χ4n) is 4.61. The first-order valence-corrected chi connectivity index (χ1v) is 13.0. The molecule has 0 spiro atoms. The van der Waals surface area contributed by atoms with Gasteiger partial charge in [0.15, 0.2) is 0 Å². The van der Waals surface area contributed by atoms with E-state index < -0.39 is 27.0 Å². The zero-order chi connectivity index (χ0) is 24.0. The molecule has 0 amide bonds. The van der Waals surface area contributed by atoms with Crippen molar-refractivity contribution in [2.24, 2.45) is 0 Å². The first-order valence-electron chi connectivity index (χ1n) is 11.6. The van der Waals surface area contributed by atoms with Crippen molar-refractivity contribution in [3.63, 3.8) is 0 Å². The Kier molecular flexibility index (Phi) is 6.35. The standard InChI is InChI=1S/C25H32FN3O3S/c1-16(2)12-18-6-5-7-19(13-18)14-20-21(28-33(31,32)25(26)10-11-25)8-9-22-23(20)24(30)29(15-27-22)17(3)4/h5-7,12-13,15,17,20-21,28H,8-11,14H2,1-4H3. The third-order valence-corrected chi connectivity index (χ3v) is 8.50. The van der Waals surface area contributed by atoms with Crippen molar-refractivity contribution in [3.8, 4) is 0 Å². The third-order valence-electron chi connectivity index (χ3n) is 6.51. The van der Waals surface area contributed by atoms with Crippen molar-refractivity contribution >= 4 is 16.1 Å². The Balaban J connectivity index is 1.77. The number of sulfonamides is 1. The highest BCUT2D eigenvalue weighted by atomic mass is 32.2. The average Bonchev–Trinajstić information content (AvgIpc) is 3.48. The number of benzene rings is 1. The monoisotopic (exact) mass is 473 g/mol. The van der Waals surface area contributed by atoms with Gasteiger partial charge in [-0.3, -0.25) is 9.36 Å². The highest BCUT2D eigenvalue weighted by molar-refractivity contribution is 7.91. The summed E-state index contributed by atoms with van der Waals surface area (Å²) >= 11 is 0. The summed E-state index contributed by atoms with van der Waals surface area (Å²) in [4.78, 5) is 18.0. The molecule has 4 rings (SSSR count). The molecule has 2 unspecified atom stereocenters. The fourth-order valence-corrected chi connectivity index (χ4v) is 6.14. The van der Waals surface area contributed by atoms with E-state index in [-0.39, 0.29) is 24.4 Å². The summed E-state index contributed by atoms with van der Waals surface area (Å²) in [6, 6.07) is 7.37. The summed E-state index contributed by atoms with van der Waals surface area (Å²) < 4.78 is 44.3. The Labute approximate surface area is 195 Å². The SMILES string of the molecule is CC(C)=Cc1cccc(CC2c3c(ncn(C(C)C)c3=O)CCC2NS(=O)(=O)C2(F)CC2)c1. The summed E-state index contributed by atoms with van der Waals surface area (Å²) in [5.41, 5.74) is 4.31. The van der Waals surface area contributed by atoms with E-state index in [4.69, 9.17) is 0 Å². The number of alkyl halides is 1. The lowest BCUT2D eigenvalue weighted by Crippen LogP contribution is -2.48. The molecule has 1 aromatic carbocycles. The Bertz CT molecular complexity index is 1240. The summed E-state index contributed by atoms with van der Waals surface area (Å²) in [6.45, 7) is 7.88. The largest absolute Gasteiger partial charge is 0.296 e. The minimum atomic E-state index is -4.13. The fraction of sp³-hybridized carbons (Fsp3) is 0.520. The summed E-state index contributed by atoms with van der Waals surface area (Å²) in [5.74, 6) is -0.431. The first-order chi connectivity index (χ1) is 15.5. The normalized spacial score (nSPS) is 21.5. The molecule has 0 bridgehead atoms. The zero-order valence-electron chi connectivity index (χ0n) is 19.6. The highest BCUT2D eigenvalue weighted by Crippen LogP contribution is 2.45. The van der Waals surface area contributed by atoms with Gasteiger partial charge in [0.05, 0.1) is 12.0 Å². The molecule has 1 fully saturated rings. The van der Waals surface area contributed by atoms with Crippen LogP contribution in [0.25, 0.3) is 6.08 Å². The molecular weight excluding hydrogens is 441 g/mol. The number of nitrogens with zero attached hydrogens (tertiary/aromatic N) is 2. The molecule has 2 aromatic rings. The Morgan fingerprint density at radius 3 is 2.70 bits per heavy atom. The van der Waals surface area contributed by atoms with Crippen molar-refractivity contribution in [1.82, 2.24) is 14.3 Å². The predicted octanol–water partition coefficient (Wildman–Crippen LogP) is 4.27. The van der Waals surface area contributed by atoms with Crippen molar-refractivity contribution in [3.05, 3.63) is 68.9 Å². The second kappa shape index (κ2) is 8.80. The van der Waals surface area contributed by atoms with Crippen molar-refractivity contribution in [1.29, 1.82) is 0 Å². The first kappa shape index (κ1) is 23.8. The lowest BCUT2D eigenvalue weighted by molar-refractivity contribution is 0.372. The van der Waals surface area contributed by atoms with Gasteiger partial charge in [-0.15, -0.1) is 0 Å². The lowest BCUT2D eigenvalue weighted by Gasteiger charge is -2.34. The van der Waals surface area contributed by atoms with E-state index in [2.05, 4.69) is 21.8 Å². The van der Waals surface area contributed by atoms with Crippen molar-refractivity contribution in [2.45, 2.75) is 82.8 Å². The average molecular weight is 474 g/mol. The van der Waals surface area contributed by atoms with Gasteiger partial charge in [-0.2, -0.15) is 0 Å². The number of halogens is 1. The number of aromatic nitrogens is 2. The number of hydrogen-bond acceptors (Lipinski definition) is 4. The minimum absolute atomic E-state index is 0.0166. The molecule has 2 atom stereocenters. The highest BCUT2D eigenvalue weighted by Gasteiger charge is 2.56. The van der Waals surface area contributed by atoms with E-state index in [9.17, 15) is 17.6 Å². The molecule has 1 aromatic heterocycles. The molecule has 8 heteroatoms. The van der Waals surface area contributed by atoms with E-state index in [1.165, 1.54) is 5.57 Å². The van der Waals surface area contributed by atoms with Crippen molar-refractivity contribution in [2.75, 3.05) is 0 Å². The van der Waals surface area contributed by atoms with E-state index >= 15 is 0 Å². The maximum atomic E-state index is 14.6. The van der Waals surface area contributed by atoms with Crippen LogP contribution < -0.4 is 10.3 Å². The van der Waals surface area contributed by atoms with Crippen LogP contribution >= 0.6 is 0 Å². The molecule has 178 valence electrons. The molecule has 6 nitrogen and oxygen atoms in total. The summed E-state index contributed by atoms with van der Waals surface area (Å²) in [6.07, 6.45) is 5.09. The minimum Gasteiger partial charge on any atom is -0.296 e. The molecule has 1 N–H and O–H groups in total. The molecule has 0 aliphatic heterocycles. The van der Waals surface area contributed by atoms with Gasteiger partial charge in [0.25, 0.3) is 5.56 Å². The second-order valence-corrected chi connectivity index (χ2v) is 11.8. The van der Waals surface area contributed by atoms with E-state index in [1.54, 1.807) is 10.9 Å². The van der Waals surface area contributed by atoms with Gasteiger partial charge in [0.2, 0.25) is 15.0 Å². The second-order valence-electron chi connectivity index (χ2n) is 9.84. The number of fused-ring (bicyclic) bond motifs is 1. The molecule has 1 saturated carbocycles. The van der Waals surface area contributed by atoms with Crippen LogP contribution in [-0.2, 0) is 22.9 Å². The number of nitrogens with one attached hydrogen (secondary N) is 1. The smallest absolute Gasteiger partial charge is 0.257 e. The zero-order valence-corrected chi connectivity index (χ0v) is 20.5. The van der Waals surface area contributed by atoms with Gasteiger partial charge in [-0.05, 0) is 58.1 Å². The van der Waals surface area contributed by atoms with Crippen molar-refractivity contribution < 1.29 is 12.8 Å². The van der Waals surface area contributed by atoms with Crippen LogP contribution in [0, 0.1) is 0 Å². The van der Waals surface area contributed by atoms with Gasteiger partial charge in [0, 0.05) is 36.4 Å². The number of hydrogen-bond donors (Lipinski definition) is 1. The van der Waals surface area contributed by atoms with Crippen LogP contribution in [0.5, 0.6) is 0 Å². The molecular formula is C25H32FN3O3S. The van der Waals surface area contributed by atoms with Gasteiger partial charge < -0.3 is 0 Å². The van der Waals surface area contributed by atoms with Crippen LogP contribution in [0.4, 0.5) is 4.39 Å². The maximum absolute atomic E-state index is 14.6. The molecule has 1 heterocycles. The molecule has 0 radical (unpaired) electrons. The Hall–Kier alpha value is -2.32. The molecule has 33 heavy (non-hydrogen) atoms. The number of rotatable bonds is 7. The summed E-state index contributed by atoms with van der Waals surface area (Å²) in [7, 11) is -4.13. The van der Waals surface area contributed by atoms with Crippen LogP contribution in [0.3, 0.4) is 0 Å². The van der Waals surface area contributed by atoms with Gasteiger partial charge in [-0.1, -0.05) is 35.9 Å². The van der Waals surface area contributed by atoms with E-state index in [0.717, 1.165) is 11.1 Å². The number of allylic oxidation sites excluding steroid dienone is 1. The van der Waals surface area contributed by atoms with Gasteiger partial charge in [0.1, 0.15) is 0 Å².